The first-order valence-electron chi connectivity index (χ1n) is 5.96. The SMILES string of the molecule is O=C(O)C(O)(c1cccs1)c1cccs1.O=C(O)C=CC(=O)O. The molecular formula is C14H12O7S2. The molecule has 0 bridgehead atoms. The minimum Gasteiger partial charge on any atom is -0.479 e. The number of aliphatic hydroxyl groups is 1. The van der Waals surface area contributed by atoms with Gasteiger partial charge in [0.25, 0.3) is 0 Å². The third-order valence-electron chi connectivity index (χ3n) is 2.43. The van der Waals surface area contributed by atoms with E-state index in [0.29, 0.717) is 21.9 Å². The summed E-state index contributed by atoms with van der Waals surface area (Å²) in [6.45, 7) is 0. The van der Waals surface area contributed by atoms with Gasteiger partial charge in [0, 0.05) is 12.2 Å². The van der Waals surface area contributed by atoms with Crippen molar-refractivity contribution in [2.75, 3.05) is 0 Å². The van der Waals surface area contributed by atoms with Crippen LogP contribution in [0.15, 0.2) is 47.2 Å². The highest BCUT2D eigenvalue weighted by atomic mass is 32.1. The number of hydrogen-bond donors (Lipinski definition) is 4. The van der Waals surface area contributed by atoms with E-state index in [-0.39, 0.29) is 0 Å². The topological polar surface area (TPSA) is 132 Å². The van der Waals surface area contributed by atoms with Crippen LogP contribution in [0.2, 0.25) is 0 Å². The Hall–Kier alpha value is -2.49. The van der Waals surface area contributed by atoms with Crippen molar-refractivity contribution in [3.8, 4) is 0 Å². The van der Waals surface area contributed by atoms with Gasteiger partial charge < -0.3 is 20.4 Å². The number of hydrogen-bond acceptors (Lipinski definition) is 6. The molecule has 9 heteroatoms. The Bertz CT molecular complexity index is 637. The highest BCUT2D eigenvalue weighted by molar-refractivity contribution is 7.12. The molecule has 0 amide bonds. The van der Waals surface area contributed by atoms with Crippen LogP contribution in [0.1, 0.15) is 9.75 Å². The van der Waals surface area contributed by atoms with Gasteiger partial charge in [-0.05, 0) is 22.9 Å². The van der Waals surface area contributed by atoms with Gasteiger partial charge in [0.1, 0.15) is 0 Å². The maximum atomic E-state index is 11.2. The van der Waals surface area contributed by atoms with Gasteiger partial charge in [-0.1, -0.05) is 12.1 Å². The zero-order valence-corrected chi connectivity index (χ0v) is 13.1. The number of thiophene rings is 2. The quantitative estimate of drug-likeness (QED) is 0.601. The second kappa shape index (κ2) is 8.22. The number of aliphatic carboxylic acids is 3. The molecule has 122 valence electrons. The summed E-state index contributed by atoms with van der Waals surface area (Å²) in [5.41, 5.74) is -1.90. The van der Waals surface area contributed by atoms with E-state index in [1.807, 2.05) is 0 Å². The molecule has 0 spiro atoms. The molecule has 2 aromatic rings. The largest absolute Gasteiger partial charge is 0.479 e. The lowest BCUT2D eigenvalue weighted by molar-refractivity contribution is -0.154. The molecule has 2 aromatic heterocycles. The second-order valence-electron chi connectivity index (χ2n) is 3.98. The third-order valence-corrected chi connectivity index (χ3v) is 4.39. The molecule has 0 atom stereocenters. The molecule has 0 fully saturated rings. The maximum Gasteiger partial charge on any atom is 0.346 e. The number of carbonyl (C=O) groups is 3. The van der Waals surface area contributed by atoms with E-state index in [1.54, 1.807) is 35.0 Å². The summed E-state index contributed by atoms with van der Waals surface area (Å²) < 4.78 is 0. The van der Waals surface area contributed by atoms with E-state index in [1.165, 1.54) is 22.7 Å². The van der Waals surface area contributed by atoms with Crippen molar-refractivity contribution >= 4 is 40.6 Å². The number of rotatable bonds is 5. The summed E-state index contributed by atoms with van der Waals surface area (Å²) in [5.74, 6) is -3.76. The smallest absolute Gasteiger partial charge is 0.346 e. The maximum absolute atomic E-state index is 11.2. The highest BCUT2D eigenvalue weighted by Crippen LogP contribution is 2.35. The van der Waals surface area contributed by atoms with Crippen molar-refractivity contribution in [2.24, 2.45) is 0 Å². The van der Waals surface area contributed by atoms with Crippen molar-refractivity contribution in [3.63, 3.8) is 0 Å². The Morgan fingerprint density at radius 2 is 1.26 bits per heavy atom. The van der Waals surface area contributed by atoms with E-state index < -0.39 is 23.5 Å². The van der Waals surface area contributed by atoms with Gasteiger partial charge in [0.15, 0.2) is 0 Å². The molecule has 7 nitrogen and oxygen atoms in total. The summed E-state index contributed by atoms with van der Waals surface area (Å²) in [5, 5.41) is 38.5. The Balaban J connectivity index is 0.000000284. The van der Waals surface area contributed by atoms with Crippen LogP contribution >= 0.6 is 22.7 Å². The van der Waals surface area contributed by atoms with Gasteiger partial charge in [0.05, 0.1) is 9.75 Å². The first-order valence-corrected chi connectivity index (χ1v) is 7.72. The van der Waals surface area contributed by atoms with E-state index in [2.05, 4.69) is 0 Å². The van der Waals surface area contributed by atoms with E-state index in [9.17, 15) is 19.5 Å². The van der Waals surface area contributed by atoms with Crippen LogP contribution in [0.5, 0.6) is 0 Å². The molecule has 0 aliphatic carbocycles. The van der Waals surface area contributed by atoms with Gasteiger partial charge in [-0.2, -0.15) is 0 Å². The van der Waals surface area contributed by atoms with Gasteiger partial charge in [0.2, 0.25) is 5.60 Å². The summed E-state index contributed by atoms with van der Waals surface area (Å²) in [7, 11) is 0. The molecule has 0 saturated carbocycles. The summed E-state index contributed by atoms with van der Waals surface area (Å²) >= 11 is 2.46. The van der Waals surface area contributed by atoms with Crippen molar-refractivity contribution in [1.29, 1.82) is 0 Å². The van der Waals surface area contributed by atoms with Crippen molar-refractivity contribution in [3.05, 3.63) is 56.9 Å². The lowest BCUT2D eigenvalue weighted by atomic mass is 10.0. The molecule has 4 N–H and O–H groups in total. The molecule has 0 radical (unpaired) electrons. The van der Waals surface area contributed by atoms with Gasteiger partial charge in [-0.3, -0.25) is 0 Å². The fraction of sp³-hybridized carbons (Fsp3) is 0.0714. The fourth-order valence-corrected chi connectivity index (χ4v) is 3.17. The van der Waals surface area contributed by atoms with Crippen LogP contribution in [-0.2, 0) is 20.0 Å². The predicted octanol–water partition coefficient (Wildman–Crippen LogP) is 1.84. The summed E-state index contributed by atoms with van der Waals surface area (Å²) in [4.78, 5) is 31.1. The standard InChI is InChI=1S/C10H8O3S2.C4H4O4/c11-9(12)10(13,7-3-1-5-14-7)8-4-2-6-15-8;5-3(6)1-2-4(7)8/h1-6,13H,(H,11,12);1-2H,(H,5,6)(H,7,8). The van der Waals surface area contributed by atoms with Crippen LogP contribution in [-0.4, -0.2) is 38.3 Å². The van der Waals surface area contributed by atoms with Gasteiger partial charge in [-0.25, -0.2) is 14.4 Å². The summed E-state index contributed by atoms with van der Waals surface area (Å²) in [6.07, 6.45) is 1.12. The van der Waals surface area contributed by atoms with Gasteiger partial charge in [-0.15, -0.1) is 22.7 Å². The Morgan fingerprint density at radius 3 is 1.48 bits per heavy atom. The molecule has 2 heterocycles. The molecule has 0 saturated heterocycles. The Labute approximate surface area is 138 Å². The van der Waals surface area contributed by atoms with Crippen LogP contribution < -0.4 is 0 Å². The molecule has 23 heavy (non-hydrogen) atoms. The average molecular weight is 356 g/mol. The first kappa shape index (κ1) is 18.6. The van der Waals surface area contributed by atoms with Crippen molar-refractivity contribution in [2.45, 2.75) is 5.60 Å². The van der Waals surface area contributed by atoms with Crippen molar-refractivity contribution in [1.82, 2.24) is 0 Å². The third kappa shape index (κ3) is 5.02. The highest BCUT2D eigenvalue weighted by Gasteiger charge is 2.42. The van der Waals surface area contributed by atoms with E-state index >= 15 is 0 Å². The van der Waals surface area contributed by atoms with Crippen LogP contribution in [0, 0.1) is 0 Å². The fourth-order valence-electron chi connectivity index (χ4n) is 1.44. The lowest BCUT2D eigenvalue weighted by Crippen LogP contribution is -2.34. The zero-order valence-electron chi connectivity index (χ0n) is 11.4. The molecule has 0 aliphatic rings. The van der Waals surface area contributed by atoms with Gasteiger partial charge >= 0.3 is 17.9 Å². The normalized spacial score (nSPS) is 10.8. The molecule has 2 rings (SSSR count). The second-order valence-corrected chi connectivity index (χ2v) is 5.88. The predicted molar refractivity (Wildman–Crippen MR) is 83.7 cm³/mol. The molecular weight excluding hydrogens is 344 g/mol. The summed E-state index contributed by atoms with van der Waals surface area (Å²) in [6, 6.07) is 6.69. The monoisotopic (exact) mass is 356 g/mol. The average Bonchev–Trinajstić information content (AvgIpc) is 3.17. The van der Waals surface area contributed by atoms with Crippen LogP contribution in [0.4, 0.5) is 0 Å². The van der Waals surface area contributed by atoms with E-state index in [4.69, 9.17) is 15.3 Å². The zero-order chi connectivity index (χ0) is 17.5. The lowest BCUT2D eigenvalue weighted by Gasteiger charge is -2.20. The Kier molecular flexibility index (Phi) is 6.64. The first-order chi connectivity index (χ1) is 10.8. The molecule has 0 unspecified atom stereocenters. The minimum atomic E-state index is -1.90. The number of carboxylic acids is 3. The Morgan fingerprint density at radius 1 is 0.870 bits per heavy atom. The number of carboxylic acid groups (broad SMARTS) is 3. The van der Waals surface area contributed by atoms with E-state index in [0.717, 1.165) is 0 Å². The molecule has 0 aromatic carbocycles. The van der Waals surface area contributed by atoms with Crippen LogP contribution in [0.25, 0.3) is 0 Å². The molecule has 0 aliphatic heterocycles. The minimum absolute atomic E-state index is 0.428. The van der Waals surface area contributed by atoms with Crippen molar-refractivity contribution < 1.29 is 34.8 Å². The van der Waals surface area contributed by atoms with Crippen LogP contribution in [0.3, 0.4) is 0 Å².